The first-order valence-electron chi connectivity index (χ1n) is 6.02. The maximum Gasteiger partial charge on any atom is 0.329 e. The summed E-state index contributed by atoms with van der Waals surface area (Å²) in [5.74, 6) is -0.966. The molecular formula is C13H16N2O3S. The maximum atomic E-state index is 11.8. The van der Waals surface area contributed by atoms with Crippen LogP contribution in [0.15, 0.2) is 29.2 Å². The van der Waals surface area contributed by atoms with E-state index in [0.717, 1.165) is 11.3 Å². The van der Waals surface area contributed by atoms with Gasteiger partial charge < -0.3 is 15.7 Å². The first kappa shape index (κ1) is 13.7. The largest absolute Gasteiger partial charge is 0.480 e. The van der Waals surface area contributed by atoms with Gasteiger partial charge in [-0.2, -0.15) is 0 Å². The number of thioether (sulfide) groups is 1. The number of aliphatic carboxylic acids is 1. The van der Waals surface area contributed by atoms with E-state index in [4.69, 9.17) is 5.11 Å². The summed E-state index contributed by atoms with van der Waals surface area (Å²) in [6.45, 7) is 0. The van der Waals surface area contributed by atoms with E-state index in [9.17, 15) is 9.59 Å². The predicted molar refractivity (Wildman–Crippen MR) is 74.6 cm³/mol. The van der Waals surface area contributed by atoms with Gasteiger partial charge in [-0.25, -0.2) is 9.59 Å². The first-order valence-corrected chi connectivity index (χ1v) is 7.25. The van der Waals surface area contributed by atoms with Gasteiger partial charge in [0.15, 0.2) is 0 Å². The molecule has 102 valence electrons. The molecule has 0 atom stereocenters. The fourth-order valence-electron chi connectivity index (χ4n) is 2.00. The van der Waals surface area contributed by atoms with E-state index in [-0.39, 0.29) is 0 Å². The third-order valence-electron chi connectivity index (χ3n) is 3.30. The lowest BCUT2D eigenvalue weighted by molar-refractivity contribution is -0.148. The fraction of sp³-hybridized carbons (Fsp3) is 0.385. The molecule has 19 heavy (non-hydrogen) atoms. The molecule has 2 rings (SSSR count). The van der Waals surface area contributed by atoms with Crippen molar-refractivity contribution in [1.29, 1.82) is 0 Å². The number of carbonyl (C=O) groups is 2. The van der Waals surface area contributed by atoms with Gasteiger partial charge in [0.1, 0.15) is 5.54 Å². The molecule has 0 bridgehead atoms. The summed E-state index contributed by atoms with van der Waals surface area (Å²) in [7, 11) is 0. The standard InChI is InChI=1S/C13H16N2O3S/c1-19-10-5-2-4-9(8-10)14-12(18)15-13(11(16)17)6-3-7-13/h2,4-5,8H,3,6-7H2,1H3,(H,16,17)(H2,14,15,18). The van der Waals surface area contributed by atoms with Crippen LogP contribution in [0.2, 0.25) is 0 Å². The second-order valence-electron chi connectivity index (χ2n) is 4.55. The van der Waals surface area contributed by atoms with Crippen LogP contribution in [-0.4, -0.2) is 28.9 Å². The van der Waals surface area contributed by atoms with Gasteiger partial charge in [-0.15, -0.1) is 11.8 Å². The van der Waals surface area contributed by atoms with Crippen molar-refractivity contribution in [2.45, 2.75) is 29.7 Å². The zero-order valence-corrected chi connectivity index (χ0v) is 11.4. The highest BCUT2D eigenvalue weighted by Crippen LogP contribution is 2.32. The fourth-order valence-corrected chi connectivity index (χ4v) is 2.46. The smallest absolute Gasteiger partial charge is 0.329 e. The second-order valence-corrected chi connectivity index (χ2v) is 5.43. The minimum Gasteiger partial charge on any atom is -0.480 e. The second kappa shape index (κ2) is 5.52. The minimum atomic E-state index is -1.08. The van der Waals surface area contributed by atoms with Crippen molar-refractivity contribution in [2.75, 3.05) is 11.6 Å². The van der Waals surface area contributed by atoms with E-state index in [2.05, 4.69) is 10.6 Å². The van der Waals surface area contributed by atoms with Crippen molar-refractivity contribution in [3.05, 3.63) is 24.3 Å². The van der Waals surface area contributed by atoms with Crippen LogP contribution < -0.4 is 10.6 Å². The molecule has 0 unspecified atom stereocenters. The minimum absolute atomic E-state index is 0.472. The average Bonchev–Trinajstić information content (AvgIpc) is 2.33. The molecule has 6 heteroatoms. The van der Waals surface area contributed by atoms with Crippen molar-refractivity contribution < 1.29 is 14.7 Å². The molecule has 3 N–H and O–H groups in total. The number of benzene rings is 1. The number of hydrogen-bond donors (Lipinski definition) is 3. The van der Waals surface area contributed by atoms with Gasteiger partial charge >= 0.3 is 12.0 Å². The Morgan fingerprint density at radius 2 is 2.11 bits per heavy atom. The van der Waals surface area contributed by atoms with E-state index in [1.54, 1.807) is 17.8 Å². The quantitative estimate of drug-likeness (QED) is 0.741. The molecular weight excluding hydrogens is 264 g/mol. The highest BCUT2D eigenvalue weighted by Gasteiger charge is 2.45. The summed E-state index contributed by atoms with van der Waals surface area (Å²) in [5, 5.41) is 14.4. The van der Waals surface area contributed by atoms with Gasteiger partial charge in [-0.1, -0.05) is 6.07 Å². The molecule has 2 amide bonds. The third-order valence-corrected chi connectivity index (χ3v) is 4.02. The van der Waals surface area contributed by atoms with Crippen molar-refractivity contribution in [3.63, 3.8) is 0 Å². The van der Waals surface area contributed by atoms with Gasteiger partial charge in [0.2, 0.25) is 0 Å². The molecule has 1 aliphatic carbocycles. The summed E-state index contributed by atoms with van der Waals surface area (Å²) < 4.78 is 0. The highest BCUT2D eigenvalue weighted by atomic mass is 32.2. The molecule has 1 saturated carbocycles. The summed E-state index contributed by atoms with van der Waals surface area (Å²) >= 11 is 1.58. The average molecular weight is 280 g/mol. The van der Waals surface area contributed by atoms with Crippen LogP contribution >= 0.6 is 11.8 Å². The molecule has 0 spiro atoms. The highest BCUT2D eigenvalue weighted by molar-refractivity contribution is 7.98. The zero-order valence-electron chi connectivity index (χ0n) is 10.6. The number of rotatable bonds is 4. The Hall–Kier alpha value is -1.69. The van der Waals surface area contributed by atoms with Crippen LogP contribution in [0.3, 0.4) is 0 Å². The lowest BCUT2D eigenvalue weighted by Crippen LogP contribution is -2.60. The number of carbonyl (C=O) groups excluding carboxylic acids is 1. The molecule has 1 aliphatic rings. The molecule has 0 radical (unpaired) electrons. The Labute approximate surface area is 115 Å². The number of hydrogen-bond acceptors (Lipinski definition) is 3. The number of carboxylic acids is 1. The number of urea groups is 1. The van der Waals surface area contributed by atoms with Gasteiger partial charge in [0, 0.05) is 10.6 Å². The van der Waals surface area contributed by atoms with Gasteiger partial charge in [-0.3, -0.25) is 0 Å². The topological polar surface area (TPSA) is 78.4 Å². The van der Waals surface area contributed by atoms with E-state index < -0.39 is 17.5 Å². The monoisotopic (exact) mass is 280 g/mol. The summed E-state index contributed by atoms with van der Waals surface area (Å²) in [6, 6.07) is 6.93. The Morgan fingerprint density at radius 3 is 2.63 bits per heavy atom. The summed E-state index contributed by atoms with van der Waals surface area (Å²) in [5.41, 5.74) is -0.425. The molecule has 1 aromatic carbocycles. The van der Waals surface area contributed by atoms with Gasteiger partial charge in [-0.05, 0) is 43.7 Å². The first-order chi connectivity index (χ1) is 9.05. The Bertz CT molecular complexity index is 500. The molecule has 0 aromatic heterocycles. The molecule has 0 saturated heterocycles. The molecule has 5 nitrogen and oxygen atoms in total. The van der Waals surface area contributed by atoms with Crippen molar-refractivity contribution in [3.8, 4) is 0 Å². The predicted octanol–water partition coefficient (Wildman–Crippen LogP) is 2.54. The SMILES string of the molecule is CSc1cccc(NC(=O)NC2(C(=O)O)CCC2)c1. The Morgan fingerprint density at radius 1 is 1.37 bits per heavy atom. The molecule has 0 heterocycles. The van der Waals surface area contributed by atoms with Crippen LogP contribution in [0.1, 0.15) is 19.3 Å². The maximum absolute atomic E-state index is 11.8. The van der Waals surface area contributed by atoms with Crippen LogP contribution in [0.5, 0.6) is 0 Å². The van der Waals surface area contributed by atoms with Crippen molar-refractivity contribution in [1.82, 2.24) is 5.32 Å². The van der Waals surface area contributed by atoms with Crippen LogP contribution in [-0.2, 0) is 4.79 Å². The summed E-state index contributed by atoms with van der Waals surface area (Å²) in [6.07, 6.45) is 3.75. The molecule has 0 aliphatic heterocycles. The normalized spacial score (nSPS) is 16.3. The van der Waals surface area contributed by atoms with Crippen molar-refractivity contribution in [2.24, 2.45) is 0 Å². The number of nitrogens with one attached hydrogen (secondary N) is 2. The zero-order chi connectivity index (χ0) is 13.9. The van der Waals surface area contributed by atoms with E-state index >= 15 is 0 Å². The van der Waals surface area contributed by atoms with E-state index in [1.807, 2.05) is 24.5 Å². The van der Waals surface area contributed by atoms with Crippen molar-refractivity contribution >= 4 is 29.4 Å². The van der Waals surface area contributed by atoms with Crippen LogP contribution in [0, 0.1) is 0 Å². The van der Waals surface area contributed by atoms with Gasteiger partial charge in [0.25, 0.3) is 0 Å². The number of amides is 2. The van der Waals surface area contributed by atoms with Crippen LogP contribution in [0.4, 0.5) is 10.5 Å². The Balaban J connectivity index is 1.99. The molecule has 1 fully saturated rings. The Kier molecular flexibility index (Phi) is 3.99. The van der Waals surface area contributed by atoms with E-state index in [1.165, 1.54) is 0 Å². The number of carboxylic acid groups (broad SMARTS) is 1. The van der Waals surface area contributed by atoms with Crippen LogP contribution in [0.25, 0.3) is 0 Å². The van der Waals surface area contributed by atoms with Gasteiger partial charge in [0.05, 0.1) is 0 Å². The lowest BCUT2D eigenvalue weighted by Gasteiger charge is -2.38. The summed E-state index contributed by atoms with van der Waals surface area (Å²) in [4.78, 5) is 24.0. The number of anilines is 1. The third kappa shape index (κ3) is 3.01. The lowest BCUT2D eigenvalue weighted by atomic mass is 9.77. The molecule has 1 aromatic rings. The van der Waals surface area contributed by atoms with E-state index in [0.29, 0.717) is 18.5 Å².